The third-order valence-electron chi connectivity index (χ3n) is 12.8. The molecule has 0 saturated heterocycles. The first-order valence-corrected chi connectivity index (χ1v) is 21.7. The number of rotatable bonds is 7. The van der Waals surface area contributed by atoms with Gasteiger partial charge in [0.2, 0.25) is 0 Å². The average molecular weight is 819 g/mol. The van der Waals surface area contributed by atoms with Gasteiger partial charge in [-0.3, -0.25) is 0 Å². The van der Waals surface area contributed by atoms with Crippen molar-refractivity contribution in [2.24, 2.45) is 0 Å². The van der Waals surface area contributed by atoms with Gasteiger partial charge in [-0.1, -0.05) is 140 Å². The van der Waals surface area contributed by atoms with Gasteiger partial charge >= 0.3 is 0 Å². The molecule has 0 radical (unpaired) electrons. The fourth-order valence-corrected chi connectivity index (χ4v) is 9.75. The summed E-state index contributed by atoms with van der Waals surface area (Å²) in [4.78, 5) is 2.33. The number of para-hydroxylation sites is 3. The summed E-state index contributed by atoms with van der Waals surface area (Å²) in [6, 6.07) is 82.2. The van der Waals surface area contributed by atoms with Gasteiger partial charge in [-0.25, -0.2) is 0 Å². The van der Waals surface area contributed by atoms with Crippen molar-refractivity contribution in [2.45, 2.75) is 0 Å². The molecule has 64 heavy (non-hydrogen) atoms. The molecule has 300 valence electrons. The van der Waals surface area contributed by atoms with Crippen LogP contribution >= 0.6 is 0 Å². The Labute approximate surface area is 369 Å². The summed E-state index contributed by atoms with van der Waals surface area (Å²) in [5, 5.41) is 7.00. The minimum absolute atomic E-state index is 0.902. The van der Waals surface area contributed by atoms with Crippen molar-refractivity contribution in [2.75, 3.05) is 4.90 Å². The van der Waals surface area contributed by atoms with Crippen molar-refractivity contribution in [3.63, 3.8) is 0 Å². The average Bonchev–Trinajstić information content (AvgIpc) is 4.04. The van der Waals surface area contributed by atoms with Crippen molar-refractivity contribution in [3.05, 3.63) is 231 Å². The number of fused-ring (bicyclic) bond motifs is 10. The van der Waals surface area contributed by atoms with Gasteiger partial charge in [0.15, 0.2) is 0 Å². The smallest absolute Gasteiger partial charge is 0.136 e. The molecule has 10 aromatic carbocycles. The first kappa shape index (κ1) is 36.1. The van der Waals surface area contributed by atoms with Gasteiger partial charge < -0.3 is 18.3 Å². The van der Waals surface area contributed by atoms with E-state index < -0.39 is 0 Å². The SMILES string of the molecule is c1ccc(-c2ccc(N(c3ccc(-c4ccc(-n5c6ccccc6c6c7c(ccc65)oc5ccccc57)cc4)cc3)c3ccc(-c4ccc5oc6ccccc6c5c4)cc3)cc2)cc1. The van der Waals surface area contributed by atoms with E-state index in [1.54, 1.807) is 0 Å². The molecule has 3 heterocycles. The van der Waals surface area contributed by atoms with Crippen molar-refractivity contribution in [1.29, 1.82) is 0 Å². The molecule has 0 aliphatic carbocycles. The monoisotopic (exact) mass is 818 g/mol. The second-order valence-corrected chi connectivity index (χ2v) is 16.5. The Morgan fingerprint density at radius 3 is 1.39 bits per heavy atom. The van der Waals surface area contributed by atoms with Crippen LogP contribution in [0.1, 0.15) is 0 Å². The Bertz CT molecular complexity index is 3860. The fraction of sp³-hybridized carbons (Fsp3) is 0. The Hall–Kier alpha value is -8.60. The lowest BCUT2D eigenvalue weighted by Gasteiger charge is -2.26. The molecule has 3 aromatic heterocycles. The summed E-state index contributed by atoms with van der Waals surface area (Å²) < 4.78 is 14.8. The maximum Gasteiger partial charge on any atom is 0.136 e. The number of benzene rings is 10. The number of nitrogens with zero attached hydrogens (tertiary/aromatic N) is 2. The topological polar surface area (TPSA) is 34.5 Å². The normalized spacial score (nSPS) is 11.8. The number of hydrogen-bond acceptors (Lipinski definition) is 3. The molecular formula is C60H38N2O2. The van der Waals surface area contributed by atoms with Gasteiger partial charge in [-0.15, -0.1) is 0 Å². The van der Waals surface area contributed by atoms with Crippen molar-refractivity contribution < 1.29 is 8.83 Å². The van der Waals surface area contributed by atoms with Crippen molar-refractivity contribution >= 4 is 82.7 Å². The van der Waals surface area contributed by atoms with Gasteiger partial charge in [0, 0.05) is 55.1 Å². The van der Waals surface area contributed by atoms with Crippen LogP contribution in [0.2, 0.25) is 0 Å². The van der Waals surface area contributed by atoms with Gasteiger partial charge in [0.05, 0.1) is 11.0 Å². The molecular weight excluding hydrogens is 781 g/mol. The zero-order chi connectivity index (χ0) is 42.1. The molecule has 0 saturated carbocycles. The number of anilines is 3. The molecule has 0 amide bonds. The fourth-order valence-electron chi connectivity index (χ4n) is 9.75. The molecule has 0 fully saturated rings. The predicted molar refractivity (Wildman–Crippen MR) is 266 cm³/mol. The van der Waals surface area contributed by atoms with E-state index in [9.17, 15) is 0 Å². The van der Waals surface area contributed by atoms with Crippen LogP contribution in [0.4, 0.5) is 17.1 Å². The van der Waals surface area contributed by atoms with Crippen LogP contribution in [-0.2, 0) is 0 Å². The van der Waals surface area contributed by atoms with Crippen LogP contribution in [0, 0.1) is 0 Å². The van der Waals surface area contributed by atoms with Crippen LogP contribution in [0.5, 0.6) is 0 Å². The largest absolute Gasteiger partial charge is 0.456 e. The maximum absolute atomic E-state index is 6.31. The first-order valence-electron chi connectivity index (χ1n) is 21.7. The molecule has 0 atom stereocenters. The van der Waals surface area contributed by atoms with E-state index in [1.807, 2.05) is 18.2 Å². The highest BCUT2D eigenvalue weighted by atomic mass is 16.3. The Morgan fingerprint density at radius 1 is 0.281 bits per heavy atom. The number of aromatic nitrogens is 1. The number of furan rings is 2. The summed E-state index contributed by atoms with van der Waals surface area (Å²) in [6.45, 7) is 0. The molecule has 0 spiro atoms. The standard InChI is InChI=1S/C60H38N2O2/c1-2-10-39(11-3-1)40-18-27-45(28-19-40)61(47-31-24-43(25-32-47)44-26-36-57-52(38-44)49-12-5-8-16-55(49)63-57)46-29-20-41(21-30-46)42-22-33-48(34-23-42)62-53-15-7-4-13-50(53)59-54(62)35-37-58-60(59)51-14-6-9-17-56(51)64-58/h1-38H. The van der Waals surface area contributed by atoms with Gasteiger partial charge in [0.25, 0.3) is 0 Å². The molecule has 0 aliphatic rings. The first-order chi connectivity index (χ1) is 31.7. The minimum Gasteiger partial charge on any atom is -0.456 e. The van der Waals surface area contributed by atoms with Gasteiger partial charge in [-0.2, -0.15) is 0 Å². The Kier molecular flexibility index (Phi) is 8.18. The third kappa shape index (κ3) is 5.84. The summed E-state index contributed by atoms with van der Waals surface area (Å²) >= 11 is 0. The molecule has 0 unspecified atom stereocenters. The molecule has 4 heteroatoms. The lowest BCUT2D eigenvalue weighted by Crippen LogP contribution is -2.09. The van der Waals surface area contributed by atoms with Crippen LogP contribution in [0.15, 0.2) is 239 Å². The van der Waals surface area contributed by atoms with Crippen molar-refractivity contribution in [3.8, 4) is 39.1 Å². The van der Waals surface area contributed by atoms with E-state index in [2.05, 4.69) is 222 Å². The van der Waals surface area contributed by atoms with Crippen LogP contribution in [0.25, 0.3) is 105 Å². The molecule has 0 bridgehead atoms. The summed E-state index contributed by atoms with van der Waals surface area (Å²) in [5.74, 6) is 0. The summed E-state index contributed by atoms with van der Waals surface area (Å²) in [7, 11) is 0. The highest BCUT2D eigenvalue weighted by Crippen LogP contribution is 2.42. The molecule has 4 nitrogen and oxygen atoms in total. The highest BCUT2D eigenvalue weighted by molar-refractivity contribution is 6.27. The Balaban J connectivity index is 0.852. The quantitative estimate of drug-likeness (QED) is 0.161. The molecule has 13 aromatic rings. The van der Waals surface area contributed by atoms with E-state index in [4.69, 9.17) is 8.83 Å². The molecule has 13 rings (SSSR count). The highest BCUT2D eigenvalue weighted by Gasteiger charge is 2.19. The molecule has 0 aliphatic heterocycles. The van der Waals surface area contributed by atoms with Crippen LogP contribution in [-0.4, -0.2) is 4.57 Å². The van der Waals surface area contributed by atoms with Crippen LogP contribution in [0.3, 0.4) is 0 Å². The Morgan fingerprint density at radius 2 is 0.734 bits per heavy atom. The van der Waals surface area contributed by atoms with Gasteiger partial charge in [-0.05, 0) is 124 Å². The van der Waals surface area contributed by atoms with E-state index in [0.717, 1.165) is 94.4 Å². The third-order valence-corrected chi connectivity index (χ3v) is 12.8. The maximum atomic E-state index is 6.31. The van der Waals surface area contributed by atoms with E-state index >= 15 is 0 Å². The zero-order valence-electron chi connectivity index (χ0n) is 34.7. The lowest BCUT2D eigenvalue weighted by atomic mass is 10.0. The second kappa shape index (κ2) is 14.5. The predicted octanol–water partition coefficient (Wildman–Crippen LogP) is 17.1. The number of hydrogen-bond donors (Lipinski definition) is 0. The van der Waals surface area contributed by atoms with E-state index in [-0.39, 0.29) is 0 Å². The zero-order valence-corrected chi connectivity index (χ0v) is 34.7. The van der Waals surface area contributed by atoms with Gasteiger partial charge in [0.1, 0.15) is 22.3 Å². The second-order valence-electron chi connectivity index (χ2n) is 16.5. The van der Waals surface area contributed by atoms with Crippen LogP contribution < -0.4 is 4.90 Å². The minimum atomic E-state index is 0.902. The molecule has 0 N–H and O–H groups in total. The van der Waals surface area contributed by atoms with Crippen molar-refractivity contribution in [1.82, 2.24) is 4.57 Å². The van der Waals surface area contributed by atoms with E-state index in [0.29, 0.717) is 0 Å². The summed E-state index contributed by atoms with van der Waals surface area (Å²) in [5.41, 5.74) is 17.3. The summed E-state index contributed by atoms with van der Waals surface area (Å²) in [6.07, 6.45) is 0. The van der Waals surface area contributed by atoms with E-state index in [1.165, 1.54) is 27.4 Å². The lowest BCUT2D eigenvalue weighted by molar-refractivity contribution is 0.668.